The summed E-state index contributed by atoms with van der Waals surface area (Å²) in [6, 6.07) is 8.60. The molecule has 0 heterocycles. The number of sulfone groups is 1. The zero-order chi connectivity index (χ0) is 31.8. The van der Waals surface area contributed by atoms with Crippen LogP contribution < -0.4 is 0 Å². The summed E-state index contributed by atoms with van der Waals surface area (Å²) in [5, 5.41) is 21.0. The molecule has 0 spiro atoms. The second-order valence-electron chi connectivity index (χ2n) is 16.1. The van der Waals surface area contributed by atoms with Gasteiger partial charge in [0.2, 0.25) is 0 Å². The second-order valence-corrected chi connectivity index (χ2v) is 18.2. The molecular formula is C35H51F3O4S. The molecule has 10 atom stereocenters. The van der Waals surface area contributed by atoms with Crippen LogP contribution in [0.25, 0.3) is 0 Å². The molecule has 3 fully saturated rings. The highest BCUT2D eigenvalue weighted by molar-refractivity contribution is 7.92. The molecule has 2 N–H and O–H groups in total. The van der Waals surface area contributed by atoms with Gasteiger partial charge in [-0.15, -0.1) is 0 Å². The van der Waals surface area contributed by atoms with E-state index in [1.807, 2.05) is 32.9 Å². The number of alkyl halides is 3. The molecule has 4 nitrogen and oxygen atoms in total. The van der Waals surface area contributed by atoms with Gasteiger partial charge in [-0.2, -0.15) is 13.2 Å². The fourth-order valence-electron chi connectivity index (χ4n) is 10.0. The molecule has 0 aromatic heterocycles. The number of rotatable bonds is 6. The van der Waals surface area contributed by atoms with Crippen LogP contribution in [0.2, 0.25) is 0 Å². The molecule has 242 valence electrons. The monoisotopic (exact) mass is 624 g/mol. The van der Waals surface area contributed by atoms with Crippen LogP contribution in [0, 0.1) is 45.8 Å². The van der Waals surface area contributed by atoms with Crippen molar-refractivity contribution >= 4 is 9.84 Å². The molecule has 4 aliphatic carbocycles. The van der Waals surface area contributed by atoms with Gasteiger partial charge in [-0.25, -0.2) is 8.42 Å². The summed E-state index contributed by atoms with van der Waals surface area (Å²) in [5.41, 5.74) is -2.75. The Morgan fingerprint density at radius 1 is 0.977 bits per heavy atom. The van der Waals surface area contributed by atoms with Crippen molar-refractivity contribution in [1.29, 1.82) is 0 Å². The SMILES string of the molecule is C[C@H](C(C[C@H](O)C(C)(C)C)S(=O)(=O)c1ccccc1)[C@H]1CC[C@H]2[C@@H]3CC=C4C[C@](O)(C(F)(F)F)CC[C@]4(C)[C@H]3CC[C@]12C. The highest BCUT2D eigenvalue weighted by Gasteiger charge is 2.64. The van der Waals surface area contributed by atoms with Crippen molar-refractivity contribution in [3.63, 3.8) is 0 Å². The minimum Gasteiger partial charge on any atom is -0.393 e. The highest BCUT2D eigenvalue weighted by Crippen LogP contribution is 2.68. The normalized spacial score (nSPS) is 38.7. The topological polar surface area (TPSA) is 74.6 Å². The molecule has 1 aromatic rings. The zero-order valence-corrected chi connectivity index (χ0v) is 27.4. The van der Waals surface area contributed by atoms with Crippen LogP contribution in [0.15, 0.2) is 46.9 Å². The second kappa shape index (κ2) is 10.9. The third-order valence-corrected chi connectivity index (χ3v) is 15.3. The molecule has 3 saturated carbocycles. The maximum atomic E-state index is 14.2. The van der Waals surface area contributed by atoms with Crippen LogP contribution in [0.1, 0.15) is 99.3 Å². The van der Waals surface area contributed by atoms with E-state index in [1.54, 1.807) is 24.3 Å². The van der Waals surface area contributed by atoms with Crippen molar-refractivity contribution in [2.24, 2.45) is 45.8 Å². The molecule has 0 bridgehead atoms. The number of halogens is 3. The minimum atomic E-state index is -4.64. The summed E-state index contributed by atoms with van der Waals surface area (Å²) in [4.78, 5) is 0.297. The van der Waals surface area contributed by atoms with Gasteiger partial charge in [-0.05, 0) is 109 Å². The first kappa shape index (κ1) is 33.0. The number of benzene rings is 1. The number of fused-ring (bicyclic) bond motifs is 5. The number of aliphatic hydroxyl groups excluding tert-OH is 1. The van der Waals surface area contributed by atoms with Gasteiger partial charge in [0.05, 0.1) is 16.2 Å². The van der Waals surface area contributed by atoms with Crippen LogP contribution in [-0.2, 0) is 9.84 Å². The molecule has 0 aliphatic heterocycles. The van der Waals surface area contributed by atoms with Crippen LogP contribution >= 0.6 is 0 Å². The first-order chi connectivity index (χ1) is 19.8. The van der Waals surface area contributed by atoms with Crippen LogP contribution in [-0.4, -0.2) is 41.8 Å². The molecule has 0 saturated heterocycles. The van der Waals surface area contributed by atoms with Crippen molar-refractivity contribution in [2.45, 2.75) is 127 Å². The number of hydrogen-bond donors (Lipinski definition) is 2. The third kappa shape index (κ3) is 5.43. The maximum Gasteiger partial charge on any atom is 0.417 e. The van der Waals surface area contributed by atoms with Gasteiger partial charge in [0.25, 0.3) is 0 Å². The van der Waals surface area contributed by atoms with E-state index in [1.165, 1.54) is 0 Å². The lowest BCUT2D eigenvalue weighted by Gasteiger charge is -2.59. The van der Waals surface area contributed by atoms with Crippen LogP contribution in [0.5, 0.6) is 0 Å². The summed E-state index contributed by atoms with van der Waals surface area (Å²) in [5.74, 6) is 0.962. The highest BCUT2D eigenvalue weighted by atomic mass is 32.2. The molecule has 0 amide bonds. The van der Waals surface area contributed by atoms with E-state index >= 15 is 0 Å². The molecule has 1 aromatic carbocycles. The van der Waals surface area contributed by atoms with Gasteiger partial charge >= 0.3 is 6.18 Å². The van der Waals surface area contributed by atoms with Gasteiger partial charge in [0, 0.05) is 6.42 Å². The van der Waals surface area contributed by atoms with Gasteiger partial charge in [0.15, 0.2) is 15.4 Å². The smallest absolute Gasteiger partial charge is 0.393 e. The average Bonchev–Trinajstić information content (AvgIpc) is 3.28. The maximum absolute atomic E-state index is 14.2. The largest absolute Gasteiger partial charge is 0.417 e. The predicted molar refractivity (Wildman–Crippen MR) is 163 cm³/mol. The quantitative estimate of drug-likeness (QED) is 0.314. The van der Waals surface area contributed by atoms with Crippen molar-refractivity contribution in [3.05, 3.63) is 42.0 Å². The van der Waals surface area contributed by atoms with E-state index in [0.717, 1.165) is 37.7 Å². The summed E-state index contributed by atoms with van der Waals surface area (Å²) < 4.78 is 69.6. The van der Waals surface area contributed by atoms with E-state index in [0.29, 0.717) is 23.2 Å². The van der Waals surface area contributed by atoms with Gasteiger partial charge in [0.1, 0.15) is 0 Å². The molecule has 1 unspecified atom stereocenters. The van der Waals surface area contributed by atoms with Crippen LogP contribution in [0.3, 0.4) is 0 Å². The fraction of sp³-hybridized carbons (Fsp3) is 0.771. The van der Waals surface area contributed by atoms with Gasteiger partial charge in [-0.1, -0.05) is 71.4 Å². The Hall–Kier alpha value is -1.38. The third-order valence-electron chi connectivity index (χ3n) is 12.9. The Morgan fingerprint density at radius 2 is 1.63 bits per heavy atom. The number of hydrogen-bond acceptors (Lipinski definition) is 4. The molecular weight excluding hydrogens is 573 g/mol. The summed E-state index contributed by atoms with van der Waals surface area (Å²) in [6.45, 7) is 12.3. The van der Waals surface area contributed by atoms with Crippen molar-refractivity contribution in [2.75, 3.05) is 0 Å². The van der Waals surface area contributed by atoms with E-state index in [2.05, 4.69) is 20.8 Å². The Labute approximate surface area is 256 Å². The molecule has 8 heteroatoms. The Bertz CT molecular complexity index is 1320. The van der Waals surface area contributed by atoms with Gasteiger partial charge < -0.3 is 10.2 Å². The molecule has 5 rings (SSSR count). The Morgan fingerprint density at radius 3 is 2.23 bits per heavy atom. The van der Waals surface area contributed by atoms with E-state index in [9.17, 15) is 31.8 Å². The standard InChI is InChI=1S/C35H51F3O4S/c1-22(29(20-30(39)31(2,3)4)43(41,42)24-10-8-7-9-11-24)26-14-15-27-25-13-12-23-21-34(40,35(36,37)38)19-18-32(23,5)28(25)16-17-33(26,27)6/h7-12,22,25-30,39-40H,13-21H2,1-6H3/t22-,25-,26+,27-,28-,29?,30-,32-,33+,34-/m0/s1. The van der Waals surface area contributed by atoms with Crippen LogP contribution in [0.4, 0.5) is 13.2 Å². The number of allylic oxidation sites excluding steroid dienone is 1. The minimum absolute atomic E-state index is 0.0825. The lowest BCUT2D eigenvalue weighted by atomic mass is 9.46. The van der Waals surface area contributed by atoms with Crippen molar-refractivity contribution < 1.29 is 31.8 Å². The van der Waals surface area contributed by atoms with E-state index < -0.39 is 38.4 Å². The Balaban J connectivity index is 1.44. The average molecular weight is 625 g/mol. The molecule has 43 heavy (non-hydrogen) atoms. The summed E-state index contributed by atoms with van der Waals surface area (Å²) >= 11 is 0. The lowest BCUT2D eigenvalue weighted by molar-refractivity contribution is -0.271. The van der Waals surface area contributed by atoms with Crippen molar-refractivity contribution in [3.8, 4) is 0 Å². The predicted octanol–water partition coefficient (Wildman–Crippen LogP) is 8.13. The first-order valence-electron chi connectivity index (χ1n) is 16.2. The number of aliphatic hydroxyl groups is 2. The first-order valence-corrected chi connectivity index (χ1v) is 17.8. The summed E-state index contributed by atoms with van der Waals surface area (Å²) in [7, 11) is -3.71. The Kier molecular flexibility index (Phi) is 8.33. The summed E-state index contributed by atoms with van der Waals surface area (Å²) in [6.07, 6.45) is 0.973. The van der Waals surface area contributed by atoms with Gasteiger partial charge in [-0.3, -0.25) is 0 Å². The lowest BCUT2D eigenvalue weighted by Crippen LogP contribution is -2.56. The molecule has 0 radical (unpaired) electrons. The molecule has 4 aliphatic rings. The zero-order valence-electron chi connectivity index (χ0n) is 26.6. The van der Waals surface area contributed by atoms with E-state index in [4.69, 9.17) is 0 Å². The fourth-order valence-corrected chi connectivity index (χ4v) is 12.1. The van der Waals surface area contributed by atoms with Crippen molar-refractivity contribution in [1.82, 2.24) is 0 Å². The van der Waals surface area contributed by atoms with E-state index in [-0.39, 0.29) is 47.8 Å².